The number of aryl methyl sites for hydroxylation is 2. The second-order valence-corrected chi connectivity index (χ2v) is 8.49. The largest absolute Gasteiger partial charge is 0.459 e. The Labute approximate surface area is 172 Å². The van der Waals surface area contributed by atoms with E-state index in [-0.39, 0.29) is 0 Å². The molecule has 3 aromatic carbocycles. The minimum absolute atomic E-state index is 0.415. The molecule has 0 aliphatic rings. The van der Waals surface area contributed by atoms with Crippen molar-refractivity contribution in [3.05, 3.63) is 82.9 Å². The minimum atomic E-state index is -0.945. The van der Waals surface area contributed by atoms with Gasteiger partial charge in [-0.15, -0.1) is 0 Å². The number of fused-ring (bicyclic) bond motifs is 1. The number of benzene rings is 3. The lowest BCUT2D eigenvalue weighted by atomic mass is 9.76. The predicted molar refractivity (Wildman–Crippen MR) is 117 cm³/mol. The molecule has 3 aromatic rings. The number of carbonyl (C=O) groups is 1. The van der Waals surface area contributed by atoms with Crippen molar-refractivity contribution in [3.63, 3.8) is 0 Å². The molecular weight excluding hydrogens is 358 g/mol. The lowest BCUT2D eigenvalue weighted by Crippen LogP contribution is -2.32. The molecule has 3 heteroatoms. The van der Waals surface area contributed by atoms with Gasteiger partial charge in [-0.05, 0) is 67.6 Å². The smallest absolute Gasteiger partial charge is 0.324 e. The van der Waals surface area contributed by atoms with Crippen molar-refractivity contribution in [2.45, 2.75) is 46.1 Å². The molecule has 2 unspecified atom stereocenters. The number of nitriles is 1. The number of esters is 1. The maximum atomic E-state index is 13.1. The summed E-state index contributed by atoms with van der Waals surface area (Å²) in [5.74, 6) is -1.84. The molecule has 2 atom stereocenters. The first kappa shape index (κ1) is 20.6. The van der Waals surface area contributed by atoms with Crippen LogP contribution in [0.1, 0.15) is 48.9 Å². The van der Waals surface area contributed by atoms with Crippen molar-refractivity contribution in [2.75, 3.05) is 0 Å². The van der Waals surface area contributed by atoms with Gasteiger partial charge in [-0.25, -0.2) is 0 Å². The molecule has 0 aliphatic heterocycles. The maximum Gasteiger partial charge on any atom is 0.324 e. The van der Waals surface area contributed by atoms with E-state index < -0.39 is 23.4 Å². The average Bonchev–Trinajstić information content (AvgIpc) is 2.65. The van der Waals surface area contributed by atoms with Gasteiger partial charge in [0.2, 0.25) is 0 Å². The fourth-order valence-corrected chi connectivity index (χ4v) is 3.97. The Balaban J connectivity index is 2.28. The zero-order chi connectivity index (χ0) is 21.2. The highest BCUT2D eigenvalue weighted by Crippen LogP contribution is 2.40. The quantitative estimate of drug-likeness (QED) is 0.512. The summed E-state index contributed by atoms with van der Waals surface area (Å²) in [5, 5.41) is 12.2. The topological polar surface area (TPSA) is 50.1 Å². The van der Waals surface area contributed by atoms with Gasteiger partial charge < -0.3 is 4.74 Å². The zero-order valence-corrected chi connectivity index (χ0v) is 17.7. The number of carbonyl (C=O) groups excluding carboxylic acids is 1. The molecule has 0 aliphatic carbocycles. The third-order valence-corrected chi connectivity index (χ3v) is 5.14. The molecule has 3 rings (SSSR count). The Morgan fingerprint density at radius 1 is 0.931 bits per heavy atom. The van der Waals surface area contributed by atoms with Crippen molar-refractivity contribution in [3.8, 4) is 6.07 Å². The van der Waals surface area contributed by atoms with Crippen molar-refractivity contribution in [2.24, 2.45) is 5.92 Å². The first-order valence-electron chi connectivity index (χ1n) is 9.89. The molecule has 0 spiro atoms. The van der Waals surface area contributed by atoms with Crippen LogP contribution in [0.3, 0.4) is 0 Å². The van der Waals surface area contributed by atoms with Crippen molar-refractivity contribution in [1.29, 1.82) is 5.26 Å². The molecular formula is C26H27NO2. The van der Waals surface area contributed by atoms with E-state index in [0.717, 1.165) is 33.0 Å². The Hall–Kier alpha value is -3.12. The molecule has 0 amide bonds. The highest BCUT2D eigenvalue weighted by molar-refractivity contribution is 5.88. The summed E-state index contributed by atoms with van der Waals surface area (Å²) in [7, 11) is 0. The third kappa shape index (κ3) is 4.32. The molecule has 0 saturated heterocycles. The lowest BCUT2D eigenvalue weighted by Gasteiger charge is -2.29. The molecule has 0 bridgehead atoms. The van der Waals surface area contributed by atoms with E-state index in [9.17, 15) is 10.1 Å². The van der Waals surface area contributed by atoms with Gasteiger partial charge in [0, 0.05) is 5.92 Å². The Morgan fingerprint density at radius 3 is 2.14 bits per heavy atom. The number of nitrogens with zero attached hydrogens (tertiary/aromatic N) is 1. The molecule has 0 saturated carbocycles. The van der Waals surface area contributed by atoms with Crippen LogP contribution in [0.4, 0.5) is 0 Å². The number of hydrogen-bond acceptors (Lipinski definition) is 3. The summed E-state index contributed by atoms with van der Waals surface area (Å²) in [6.07, 6.45) is 0. The fourth-order valence-electron chi connectivity index (χ4n) is 3.97. The summed E-state index contributed by atoms with van der Waals surface area (Å²) < 4.78 is 5.65. The maximum absolute atomic E-state index is 13.1. The van der Waals surface area contributed by atoms with Gasteiger partial charge in [0.25, 0.3) is 0 Å². The number of rotatable bonds is 4. The van der Waals surface area contributed by atoms with E-state index in [1.54, 1.807) is 0 Å². The van der Waals surface area contributed by atoms with Crippen LogP contribution in [-0.4, -0.2) is 11.6 Å². The van der Waals surface area contributed by atoms with Gasteiger partial charge in [0.05, 0.1) is 6.07 Å². The fraction of sp³-hybridized carbons (Fsp3) is 0.308. The molecule has 0 N–H and O–H groups in total. The van der Waals surface area contributed by atoms with Crippen LogP contribution < -0.4 is 0 Å². The van der Waals surface area contributed by atoms with Gasteiger partial charge in [0.1, 0.15) is 5.60 Å². The molecule has 29 heavy (non-hydrogen) atoms. The summed E-state index contributed by atoms with van der Waals surface area (Å²) in [4.78, 5) is 13.1. The molecule has 0 aromatic heterocycles. The van der Waals surface area contributed by atoms with Gasteiger partial charge >= 0.3 is 5.97 Å². The van der Waals surface area contributed by atoms with Crippen LogP contribution in [0.5, 0.6) is 0 Å². The van der Waals surface area contributed by atoms with E-state index in [1.807, 2.05) is 77.1 Å². The SMILES string of the molecule is Cc1cccc(C)c1C(c1cccc2ccccc12)C(C#N)C(=O)OC(C)(C)C. The molecule has 0 radical (unpaired) electrons. The van der Waals surface area contributed by atoms with E-state index in [1.165, 1.54) is 0 Å². The van der Waals surface area contributed by atoms with Gasteiger partial charge in [-0.1, -0.05) is 60.7 Å². The second-order valence-electron chi connectivity index (χ2n) is 8.49. The monoisotopic (exact) mass is 385 g/mol. The van der Waals surface area contributed by atoms with Gasteiger partial charge in [-0.2, -0.15) is 5.26 Å². The number of hydrogen-bond donors (Lipinski definition) is 0. The van der Waals surface area contributed by atoms with Crippen LogP contribution in [0.25, 0.3) is 10.8 Å². The molecule has 0 fully saturated rings. The van der Waals surface area contributed by atoms with Crippen molar-refractivity contribution in [1.82, 2.24) is 0 Å². The first-order chi connectivity index (χ1) is 13.7. The van der Waals surface area contributed by atoms with Gasteiger partial charge in [-0.3, -0.25) is 4.79 Å². The van der Waals surface area contributed by atoms with Gasteiger partial charge in [0.15, 0.2) is 5.92 Å². The van der Waals surface area contributed by atoms with Crippen LogP contribution in [0.15, 0.2) is 60.7 Å². The standard InChI is InChI=1S/C26H27NO2/c1-17-10-8-11-18(2)23(17)24(22(16-27)25(28)29-26(3,4)5)21-15-9-13-19-12-6-7-14-20(19)21/h6-15,22,24H,1-5H3. The van der Waals surface area contributed by atoms with Crippen LogP contribution in [-0.2, 0) is 9.53 Å². The van der Waals surface area contributed by atoms with Crippen LogP contribution >= 0.6 is 0 Å². The van der Waals surface area contributed by atoms with Crippen molar-refractivity contribution >= 4 is 16.7 Å². The average molecular weight is 386 g/mol. The zero-order valence-electron chi connectivity index (χ0n) is 17.7. The molecule has 0 heterocycles. The van der Waals surface area contributed by atoms with E-state index in [2.05, 4.69) is 24.3 Å². The highest BCUT2D eigenvalue weighted by atomic mass is 16.6. The number of ether oxygens (including phenoxy) is 1. The van der Waals surface area contributed by atoms with Crippen LogP contribution in [0, 0.1) is 31.1 Å². The minimum Gasteiger partial charge on any atom is -0.459 e. The Bertz CT molecular complexity index is 1060. The Morgan fingerprint density at radius 2 is 1.52 bits per heavy atom. The normalized spacial score (nSPS) is 13.5. The summed E-state index contributed by atoms with van der Waals surface area (Å²) >= 11 is 0. The molecule has 3 nitrogen and oxygen atoms in total. The Kier molecular flexibility index (Phi) is 5.75. The third-order valence-electron chi connectivity index (χ3n) is 5.14. The summed E-state index contributed by atoms with van der Waals surface area (Å²) in [6.45, 7) is 9.54. The molecule has 148 valence electrons. The van der Waals surface area contributed by atoms with Crippen LogP contribution in [0.2, 0.25) is 0 Å². The second kappa shape index (κ2) is 8.09. The van der Waals surface area contributed by atoms with E-state index in [0.29, 0.717) is 0 Å². The van der Waals surface area contributed by atoms with E-state index in [4.69, 9.17) is 4.74 Å². The summed E-state index contributed by atoms with van der Waals surface area (Å²) in [5.41, 5.74) is 3.45. The highest BCUT2D eigenvalue weighted by Gasteiger charge is 2.36. The lowest BCUT2D eigenvalue weighted by molar-refractivity contribution is -0.158. The first-order valence-corrected chi connectivity index (χ1v) is 9.89. The van der Waals surface area contributed by atoms with E-state index >= 15 is 0 Å². The van der Waals surface area contributed by atoms with Crippen molar-refractivity contribution < 1.29 is 9.53 Å². The summed E-state index contributed by atoms with van der Waals surface area (Å²) in [6, 6.07) is 22.5. The predicted octanol–water partition coefficient (Wildman–Crippen LogP) is 6.07.